The molecule has 1 aliphatic rings. The molecule has 0 N–H and O–H groups in total. The summed E-state index contributed by atoms with van der Waals surface area (Å²) < 4.78 is 4.25. The molecule has 2 heteroatoms. The number of piperidine rings is 1. The van der Waals surface area contributed by atoms with E-state index < -0.39 is 0 Å². The average Bonchev–Trinajstić information content (AvgIpc) is 1.91. The van der Waals surface area contributed by atoms with Crippen LogP contribution in [0.25, 0.3) is 0 Å². The van der Waals surface area contributed by atoms with E-state index in [0.717, 1.165) is 0 Å². The van der Waals surface area contributed by atoms with Crippen LogP contribution in [0.15, 0.2) is 0 Å². The molecule has 0 radical (unpaired) electrons. The lowest BCUT2D eigenvalue weighted by atomic mass is 10.1. The van der Waals surface area contributed by atoms with E-state index in [1.165, 1.54) is 32.4 Å². The second-order valence-corrected chi connectivity index (χ2v) is 2.77. The number of methoxy groups -OCH3 is 1. The van der Waals surface area contributed by atoms with Crippen molar-refractivity contribution in [2.75, 3.05) is 34.4 Å². The first-order chi connectivity index (χ1) is 4.81. The summed E-state index contributed by atoms with van der Waals surface area (Å²) in [5.41, 5.74) is 0. The van der Waals surface area contributed by atoms with Gasteiger partial charge in [0.1, 0.15) is 0 Å². The van der Waals surface area contributed by atoms with Gasteiger partial charge in [0.15, 0.2) is 0 Å². The van der Waals surface area contributed by atoms with Crippen LogP contribution < -0.4 is 0 Å². The number of likely N-dealkylation sites (tertiary alicyclic amines) is 1. The lowest BCUT2D eigenvalue weighted by molar-refractivity contribution is 0.277. The van der Waals surface area contributed by atoms with E-state index in [-0.39, 0.29) is 0 Å². The fourth-order valence-corrected chi connectivity index (χ4v) is 1.05. The highest BCUT2D eigenvalue weighted by atomic mass is 16.4. The third kappa shape index (κ3) is 6.05. The SMILES string of the molecule is CN1CCCCC1.COC. The highest BCUT2D eigenvalue weighted by Crippen LogP contribution is 2.04. The molecule has 2 nitrogen and oxygen atoms in total. The van der Waals surface area contributed by atoms with Crippen molar-refractivity contribution in [1.82, 2.24) is 4.90 Å². The molecule has 62 valence electrons. The van der Waals surface area contributed by atoms with Crippen LogP contribution in [0, 0.1) is 0 Å². The Kier molecular flexibility index (Phi) is 6.98. The zero-order valence-electron chi connectivity index (χ0n) is 7.39. The van der Waals surface area contributed by atoms with Crippen molar-refractivity contribution in [3.8, 4) is 0 Å². The fourth-order valence-electron chi connectivity index (χ4n) is 1.05. The molecule has 1 saturated heterocycles. The molecule has 0 unspecified atom stereocenters. The molecule has 0 amide bonds. The minimum absolute atomic E-state index is 1.32. The molecule has 1 fully saturated rings. The highest BCUT2D eigenvalue weighted by molar-refractivity contribution is 4.58. The Balaban J connectivity index is 0.000000236. The summed E-state index contributed by atoms with van der Waals surface area (Å²) in [7, 11) is 5.44. The smallest absolute Gasteiger partial charge is 0.0351 e. The minimum Gasteiger partial charge on any atom is -0.388 e. The molecule has 0 aromatic rings. The first kappa shape index (κ1) is 9.92. The van der Waals surface area contributed by atoms with Gasteiger partial charge in [0.05, 0.1) is 0 Å². The van der Waals surface area contributed by atoms with Crippen LogP contribution >= 0.6 is 0 Å². The maximum Gasteiger partial charge on any atom is 0.0351 e. The number of rotatable bonds is 0. The predicted octanol–water partition coefficient (Wildman–Crippen LogP) is 1.36. The topological polar surface area (TPSA) is 12.5 Å². The van der Waals surface area contributed by atoms with Crippen molar-refractivity contribution in [1.29, 1.82) is 0 Å². The summed E-state index contributed by atoms with van der Waals surface area (Å²) in [6.45, 7) is 2.64. The van der Waals surface area contributed by atoms with E-state index in [9.17, 15) is 0 Å². The molecule has 10 heavy (non-hydrogen) atoms. The minimum atomic E-state index is 1.32. The number of hydrogen-bond acceptors (Lipinski definition) is 2. The Bertz CT molecular complexity index is 60.3. The maximum atomic E-state index is 4.25. The van der Waals surface area contributed by atoms with Crippen molar-refractivity contribution >= 4 is 0 Å². The third-order valence-corrected chi connectivity index (χ3v) is 1.58. The van der Waals surface area contributed by atoms with Crippen LogP contribution in [-0.4, -0.2) is 39.3 Å². The summed E-state index contributed by atoms with van der Waals surface area (Å²) in [6, 6.07) is 0. The standard InChI is InChI=1S/C6H13N.C2H6O/c1-7-5-3-2-4-6-7;1-3-2/h2-6H2,1H3;1-2H3. The second kappa shape index (κ2) is 7.03. The summed E-state index contributed by atoms with van der Waals surface area (Å²) in [6.07, 6.45) is 4.28. The summed E-state index contributed by atoms with van der Waals surface area (Å²) in [5, 5.41) is 0. The second-order valence-electron chi connectivity index (χ2n) is 2.77. The largest absolute Gasteiger partial charge is 0.388 e. The van der Waals surface area contributed by atoms with Crippen molar-refractivity contribution in [3.05, 3.63) is 0 Å². The molecular weight excluding hydrogens is 126 g/mol. The third-order valence-electron chi connectivity index (χ3n) is 1.58. The van der Waals surface area contributed by atoms with E-state index in [2.05, 4.69) is 16.7 Å². The summed E-state index contributed by atoms with van der Waals surface area (Å²) in [5.74, 6) is 0. The zero-order valence-corrected chi connectivity index (χ0v) is 7.39. The fraction of sp³-hybridized carbons (Fsp3) is 1.00. The first-order valence-corrected chi connectivity index (χ1v) is 3.90. The van der Waals surface area contributed by atoms with Gasteiger partial charge in [-0.1, -0.05) is 6.42 Å². The molecule has 0 bridgehead atoms. The Labute approximate surface area is 64.2 Å². The van der Waals surface area contributed by atoms with E-state index in [0.29, 0.717) is 0 Å². The average molecular weight is 145 g/mol. The van der Waals surface area contributed by atoms with Gasteiger partial charge in [-0.25, -0.2) is 0 Å². The molecule has 0 spiro atoms. The van der Waals surface area contributed by atoms with Crippen LogP contribution in [0.4, 0.5) is 0 Å². The van der Waals surface area contributed by atoms with Gasteiger partial charge in [-0.3, -0.25) is 0 Å². The Morgan fingerprint density at radius 2 is 1.40 bits per heavy atom. The number of nitrogens with zero attached hydrogens (tertiary/aromatic N) is 1. The normalized spacial score (nSPS) is 19.5. The number of hydrogen-bond donors (Lipinski definition) is 0. The molecular formula is C8H19NO. The monoisotopic (exact) mass is 145 g/mol. The Morgan fingerprint density at radius 1 is 1.00 bits per heavy atom. The van der Waals surface area contributed by atoms with Crippen molar-refractivity contribution in [2.24, 2.45) is 0 Å². The van der Waals surface area contributed by atoms with E-state index in [1.54, 1.807) is 14.2 Å². The van der Waals surface area contributed by atoms with E-state index >= 15 is 0 Å². The number of ether oxygens (including phenoxy) is 1. The van der Waals surface area contributed by atoms with Crippen LogP contribution in [0.5, 0.6) is 0 Å². The summed E-state index contributed by atoms with van der Waals surface area (Å²) >= 11 is 0. The molecule has 0 aliphatic carbocycles. The molecule has 0 aromatic heterocycles. The highest BCUT2D eigenvalue weighted by Gasteiger charge is 2.02. The zero-order chi connectivity index (χ0) is 7.82. The van der Waals surface area contributed by atoms with E-state index in [1.807, 2.05) is 0 Å². The van der Waals surface area contributed by atoms with Gasteiger partial charge in [-0.05, 0) is 33.0 Å². The molecule has 0 aromatic carbocycles. The van der Waals surface area contributed by atoms with Crippen LogP contribution in [-0.2, 0) is 4.74 Å². The van der Waals surface area contributed by atoms with Gasteiger partial charge in [0, 0.05) is 14.2 Å². The van der Waals surface area contributed by atoms with Gasteiger partial charge >= 0.3 is 0 Å². The molecule has 1 aliphatic heterocycles. The predicted molar refractivity (Wildman–Crippen MR) is 44.3 cm³/mol. The lowest BCUT2D eigenvalue weighted by Gasteiger charge is -2.20. The van der Waals surface area contributed by atoms with Crippen molar-refractivity contribution in [3.63, 3.8) is 0 Å². The van der Waals surface area contributed by atoms with Gasteiger partial charge in [0.25, 0.3) is 0 Å². The van der Waals surface area contributed by atoms with Crippen molar-refractivity contribution < 1.29 is 4.74 Å². The molecule has 0 saturated carbocycles. The quantitative estimate of drug-likeness (QED) is 0.510. The Morgan fingerprint density at radius 3 is 1.60 bits per heavy atom. The van der Waals surface area contributed by atoms with Crippen LogP contribution in [0.3, 0.4) is 0 Å². The van der Waals surface area contributed by atoms with Gasteiger partial charge in [-0.2, -0.15) is 0 Å². The van der Waals surface area contributed by atoms with Gasteiger partial charge < -0.3 is 9.64 Å². The molecule has 1 rings (SSSR count). The lowest BCUT2D eigenvalue weighted by Crippen LogP contribution is -2.24. The van der Waals surface area contributed by atoms with E-state index in [4.69, 9.17) is 0 Å². The van der Waals surface area contributed by atoms with Crippen LogP contribution in [0.2, 0.25) is 0 Å². The van der Waals surface area contributed by atoms with Gasteiger partial charge in [0.2, 0.25) is 0 Å². The first-order valence-electron chi connectivity index (χ1n) is 3.90. The maximum absolute atomic E-state index is 4.25. The van der Waals surface area contributed by atoms with Gasteiger partial charge in [-0.15, -0.1) is 0 Å². The Hall–Kier alpha value is -0.0800. The van der Waals surface area contributed by atoms with Crippen LogP contribution in [0.1, 0.15) is 19.3 Å². The molecule has 1 heterocycles. The van der Waals surface area contributed by atoms with Crippen molar-refractivity contribution in [2.45, 2.75) is 19.3 Å². The summed E-state index contributed by atoms with van der Waals surface area (Å²) in [4.78, 5) is 2.39. The molecule has 0 atom stereocenters.